The van der Waals surface area contributed by atoms with Crippen molar-refractivity contribution in [3.8, 4) is 6.01 Å². The summed E-state index contributed by atoms with van der Waals surface area (Å²) >= 11 is 12.0. The maximum atomic E-state index is 12.7. The fraction of sp³-hybridized carbons (Fsp3) is 0.429. The van der Waals surface area contributed by atoms with E-state index in [1.807, 2.05) is 6.07 Å². The Hall–Kier alpha value is -2.50. The van der Waals surface area contributed by atoms with Gasteiger partial charge in [-0.1, -0.05) is 23.2 Å². The van der Waals surface area contributed by atoms with Gasteiger partial charge >= 0.3 is 6.01 Å². The SMILES string of the molecule is Cc1nc(OCCOCCOCCN)ncc1C(=O)NC1=NN(c2ccc(Cl)c(Cl)c2)CC1. The van der Waals surface area contributed by atoms with E-state index in [-0.39, 0.29) is 18.5 Å². The van der Waals surface area contributed by atoms with E-state index >= 15 is 0 Å². The summed E-state index contributed by atoms with van der Waals surface area (Å²) in [5, 5.41) is 9.93. The van der Waals surface area contributed by atoms with Gasteiger partial charge in [0.1, 0.15) is 12.4 Å². The number of rotatable bonds is 11. The molecule has 1 amide bonds. The number of hydrazone groups is 1. The monoisotopic (exact) mass is 496 g/mol. The molecule has 3 rings (SSSR count). The van der Waals surface area contributed by atoms with E-state index in [1.165, 1.54) is 6.20 Å². The number of benzene rings is 1. The van der Waals surface area contributed by atoms with E-state index in [2.05, 4.69) is 20.4 Å². The van der Waals surface area contributed by atoms with E-state index in [4.69, 9.17) is 43.1 Å². The standard InChI is InChI=1S/C21H26Cl2N6O4/c1-14-16(13-25-21(26-14)33-11-10-32-9-8-31-7-5-24)20(30)27-19-4-6-29(28-19)15-2-3-17(22)18(23)12-15/h2-3,12-13H,4-11,24H2,1H3,(H,27,28,30). The van der Waals surface area contributed by atoms with Crippen LogP contribution in [0.1, 0.15) is 22.5 Å². The highest BCUT2D eigenvalue weighted by Crippen LogP contribution is 2.28. The van der Waals surface area contributed by atoms with Crippen molar-refractivity contribution >= 4 is 40.6 Å². The molecular weight excluding hydrogens is 471 g/mol. The summed E-state index contributed by atoms with van der Waals surface area (Å²) in [6, 6.07) is 5.44. The van der Waals surface area contributed by atoms with E-state index in [1.54, 1.807) is 24.1 Å². The largest absolute Gasteiger partial charge is 0.461 e. The Morgan fingerprint density at radius 2 is 1.91 bits per heavy atom. The zero-order chi connectivity index (χ0) is 23.6. The minimum absolute atomic E-state index is 0.177. The van der Waals surface area contributed by atoms with Crippen molar-refractivity contribution in [2.24, 2.45) is 10.8 Å². The lowest BCUT2D eigenvalue weighted by Crippen LogP contribution is -2.30. The second-order valence-electron chi connectivity index (χ2n) is 6.99. The molecule has 3 N–H and O–H groups in total. The highest BCUT2D eigenvalue weighted by atomic mass is 35.5. The molecule has 2 heterocycles. The number of carbonyl (C=O) groups excluding carboxylic acids is 1. The Bertz CT molecular complexity index is 991. The topological polar surface area (TPSA) is 124 Å². The maximum absolute atomic E-state index is 12.7. The van der Waals surface area contributed by atoms with Gasteiger partial charge in [0.25, 0.3) is 5.91 Å². The minimum atomic E-state index is -0.338. The first-order valence-corrected chi connectivity index (χ1v) is 11.2. The van der Waals surface area contributed by atoms with Crippen LogP contribution in [0.4, 0.5) is 5.69 Å². The first-order chi connectivity index (χ1) is 16.0. The number of aryl methyl sites for hydroxylation is 1. The number of hydrogen-bond acceptors (Lipinski definition) is 9. The summed E-state index contributed by atoms with van der Waals surface area (Å²) in [7, 11) is 0. The Kier molecular flexibility index (Phi) is 9.64. The van der Waals surface area contributed by atoms with Crippen LogP contribution in [-0.2, 0) is 9.47 Å². The smallest absolute Gasteiger partial charge is 0.316 e. The predicted molar refractivity (Wildman–Crippen MR) is 126 cm³/mol. The number of ether oxygens (including phenoxy) is 3. The number of aromatic nitrogens is 2. The average Bonchev–Trinajstić information content (AvgIpc) is 3.26. The molecular formula is C21H26Cl2N6O4. The van der Waals surface area contributed by atoms with Gasteiger partial charge < -0.3 is 25.3 Å². The van der Waals surface area contributed by atoms with Crippen LogP contribution in [0.2, 0.25) is 10.0 Å². The van der Waals surface area contributed by atoms with Crippen molar-refractivity contribution in [2.75, 3.05) is 51.1 Å². The average molecular weight is 497 g/mol. The zero-order valence-corrected chi connectivity index (χ0v) is 19.7. The number of hydrogen-bond donors (Lipinski definition) is 2. The third-order valence-electron chi connectivity index (χ3n) is 4.56. The molecule has 0 saturated carbocycles. The Labute approximate surface area is 202 Å². The summed E-state index contributed by atoms with van der Waals surface area (Å²) in [4.78, 5) is 21.0. The molecule has 0 radical (unpaired) electrons. The normalized spacial score (nSPS) is 13.2. The molecule has 178 valence electrons. The molecule has 0 bridgehead atoms. The lowest BCUT2D eigenvalue weighted by atomic mass is 10.2. The van der Waals surface area contributed by atoms with Crippen LogP contribution >= 0.6 is 23.2 Å². The fourth-order valence-corrected chi connectivity index (χ4v) is 3.20. The molecule has 0 saturated heterocycles. The van der Waals surface area contributed by atoms with Crippen molar-refractivity contribution < 1.29 is 19.0 Å². The highest BCUT2D eigenvalue weighted by molar-refractivity contribution is 6.42. The molecule has 0 aliphatic carbocycles. The summed E-state index contributed by atoms with van der Waals surface area (Å²) in [6.45, 7) is 4.90. The molecule has 1 aliphatic rings. The molecule has 0 spiro atoms. The van der Waals surface area contributed by atoms with Crippen molar-refractivity contribution in [1.29, 1.82) is 0 Å². The van der Waals surface area contributed by atoms with Gasteiger partial charge in [0.05, 0.1) is 53.4 Å². The molecule has 12 heteroatoms. The molecule has 1 aromatic heterocycles. The summed E-state index contributed by atoms with van der Waals surface area (Å²) in [5.41, 5.74) is 6.96. The molecule has 10 nitrogen and oxygen atoms in total. The number of nitrogens with one attached hydrogen (secondary N) is 1. The van der Waals surface area contributed by atoms with Gasteiger partial charge in [-0.15, -0.1) is 0 Å². The third kappa shape index (κ3) is 7.51. The van der Waals surface area contributed by atoms with E-state index in [9.17, 15) is 4.79 Å². The molecule has 0 unspecified atom stereocenters. The Balaban J connectivity index is 1.47. The third-order valence-corrected chi connectivity index (χ3v) is 5.29. The van der Waals surface area contributed by atoms with Crippen molar-refractivity contribution in [1.82, 2.24) is 15.3 Å². The van der Waals surface area contributed by atoms with Crippen molar-refractivity contribution in [2.45, 2.75) is 13.3 Å². The molecule has 1 aliphatic heterocycles. The molecule has 33 heavy (non-hydrogen) atoms. The number of carbonyl (C=O) groups is 1. The van der Waals surface area contributed by atoms with Gasteiger partial charge in [-0.05, 0) is 25.1 Å². The van der Waals surface area contributed by atoms with Crippen molar-refractivity contribution in [3.05, 3.63) is 45.7 Å². The molecule has 0 atom stereocenters. The van der Waals surface area contributed by atoms with Gasteiger partial charge in [-0.3, -0.25) is 9.80 Å². The number of amides is 1. The van der Waals surface area contributed by atoms with E-state index in [0.29, 0.717) is 73.1 Å². The first kappa shape index (κ1) is 25.1. The first-order valence-electron chi connectivity index (χ1n) is 10.4. The van der Waals surface area contributed by atoms with Crippen LogP contribution in [0, 0.1) is 6.92 Å². The molecule has 2 aromatic rings. The highest BCUT2D eigenvalue weighted by Gasteiger charge is 2.20. The quantitative estimate of drug-likeness (QED) is 0.454. The van der Waals surface area contributed by atoms with Gasteiger partial charge in [-0.2, -0.15) is 10.1 Å². The number of amidine groups is 1. The number of nitrogens with two attached hydrogens (primary N) is 1. The predicted octanol–water partition coefficient (Wildman–Crippen LogP) is 2.42. The van der Waals surface area contributed by atoms with Crippen LogP contribution in [0.5, 0.6) is 6.01 Å². The lowest BCUT2D eigenvalue weighted by molar-refractivity contribution is 0.0376. The van der Waals surface area contributed by atoms with Gasteiger partial charge in [-0.25, -0.2) is 4.98 Å². The minimum Gasteiger partial charge on any atom is -0.461 e. The second-order valence-corrected chi connectivity index (χ2v) is 7.80. The van der Waals surface area contributed by atoms with Crippen molar-refractivity contribution in [3.63, 3.8) is 0 Å². The van der Waals surface area contributed by atoms with Crippen LogP contribution in [0.3, 0.4) is 0 Å². The van der Waals surface area contributed by atoms with Gasteiger partial charge in [0, 0.05) is 25.7 Å². The lowest BCUT2D eigenvalue weighted by Gasteiger charge is -2.13. The van der Waals surface area contributed by atoms with E-state index in [0.717, 1.165) is 5.69 Å². The Morgan fingerprint density at radius 1 is 1.15 bits per heavy atom. The van der Waals surface area contributed by atoms with Crippen LogP contribution in [0.15, 0.2) is 29.5 Å². The molecule has 0 fully saturated rings. The number of halogens is 2. The van der Waals surface area contributed by atoms with E-state index < -0.39 is 0 Å². The van der Waals surface area contributed by atoms with Gasteiger partial charge in [0.2, 0.25) is 0 Å². The summed E-state index contributed by atoms with van der Waals surface area (Å²) < 4.78 is 16.1. The zero-order valence-electron chi connectivity index (χ0n) is 18.2. The van der Waals surface area contributed by atoms with Crippen LogP contribution in [0.25, 0.3) is 0 Å². The summed E-state index contributed by atoms with van der Waals surface area (Å²) in [5.74, 6) is 0.202. The van der Waals surface area contributed by atoms with Crippen LogP contribution in [-0.4, -0.2) is 67.8 Å². The second kappa shape index (κ2) is 12.7. The Morgan fingerprint density at radius 3 is 2.64 bits per heavy atom. The van der Waals surface area contributed by atoms with Crippen LogP contribution < -0.4 is 20.8 Å². The fourth-order valence-electron chi connectivity index (χ4n) is 2.91. The van der Waals surface area contributed by atoms with Gasteiger partial charge in [0.15, 0.2) is 0 Å². The number of anilines is 1. The molecule has 1 aromatic carbocycles. The number of nitrogens with zero attached hydrogens (tertiary/aromatic N) is 4. The summed E-state index contributed by atoms with van der Waals surface area (Å²) in [6.07, 6.45) is 2.01. The maximum Gasteiger partial charge on any atom is 0.316 e.